The summed E-state index contributed by atoms with van der Waals surface area (Å²) >= 11 is 0. The Morgan fingerprint density at radius 3 is 2.39 bits per heavy atom. The molecule has 0 radical (unpaired) electrons. The molecule has 6 nitrogen and oxygen atoms in total. The van der Waals surface area contributed by atoms with E-state index >= 15 is 0 Å². The number of likely N-dealkylation sites (N-methyl/N-ethyl adjacent to an activating group) is 1. The standard InChI is InChI=1S/C21H27FN4O2/c1-15-5-6-17(11-19(15)22)13-24-21(25-14-20(27)26(2)3)23-12-16-7-9-18(28-4)10-8-16/h5-11H,12-14H2,1-4H3,(H2,23,24,25). The van der Waals surface area contributed by atoms with Crippen molar-refractivity contribution in [2.75, 3.05) is 27.7 Å². The Hall–Kier alpha value is -3.09. The van der Waals surface area contributed by atoms with E-state index in [-0.39, 0.29) is 18.3 Å². The Morgan fingerprint density at radius 2 is 1.79 bits per heavy atom. The molecule has 1 amide bonds. The van der Waals surface area contributed by atoms with Crippen LogP contribution in [0.1, 0.15) is 16.7 Å². The lowest BCUT2D eigenvalue weighted by atomic mass is 10.1. The summed E-state index contributed by atoms with van der Waals surface area (Å²) in [6.07, 6.45) is 0. The van der Waals surface area contributed by atoms with Gasteiger partial charge in [0, 0.05) is 20.6 Å². The van der Waals surface area contributed by atoms with Crippen molar-refractivity contribution in [1.82, 2.24) is 15.5 Å². The predicted octanol–water partition coefficient (Wildman–Crippen LogP) is 2.47. The number of aryl methyl sites for hydroxylation is 1. The van der Waals surface area contributed by atoms with Crippen LogP contribution in [0.4, 0.5) is 4.39 Å². The smallest absolute Gasteiger partial charge is 0.241 e. The maximum Gasteiger partial charge on any atom is 0.241 e. The van der Waals surface area contributed by atoms with Crippen LogP contribution in [0.3, 0.4) is 0 Å². The zero-order valence-electron chi connectivity index (χ0n) is 16.8. The van der Waals surface area contributed by atoms with Crippen molar-refractivity contribution >= 4 is 11.9 Å². The SMILES string of the molecule is COc1ccc(CNC(=NCc2ccc(C)c(F)c2)NCC(=O)N(C)C)cc1. The van der Waals surface area contributed by atoms with Gasteiger partial charge < -0.3 is 20.3 Å². The van der Waals surface area contributed by atoms with Gasteiger partial charge >= 0.3 is 0 Å². The third kappa shape index (κ3) is 6.57. The van der Waals surface area contributed by atoms with E-state index in [9.17, 15) is 9.18 Å². The van der Waals surface area contributed by atoms with E-state index in [2.05, 4.69) is 15.6 Å². The normalized spacial score (nSPS) is 11.1. The summed E-state index contributed by atoms with van der Waals surface area (Å²) in [4.78, 5) is 17.8. The van der Waals surface area contributed by atoms with Crippen molar-refractivity contribution in [2.24, 2.45) is 4.99 Å². The number of nitrogens with one attached hydrogen (secondary N) is 2. The monoisotopic (exact) mass is 386 g/mol. The number of carbonyl (C=O) groups is 1. The summed E-state index contributed by atoms with van der Waals surface area (Å²) in [5.41, 5.74) is 2.39. The van der Waals surface area contributed by atoms with Crippen LogP contribution in [-0.4, -0.2) is 44.5 Å². The first-order chi connectivity index (χ1) is 13.4. The molecule has 0 heterocycles. The molecule has 0 atom stereocenters. The number of amides is 1. The highest BCUT2D eigenvalue weighted by molar-refractivity contribution is 5.86. The molecule has 0 aromatic heterocycles. The first kappa shape index (κ1) is 21.2. The number of aliphatic imine (C=N–C) groups is 1. The number of methoxy groups -OCH3 is 1. The minimum Gasteiger partial charge on any atom is -0.497 e. The molecule has 0 unspecified atom stereocenters. The Balaban J connectivity index is 2.05. The topological polar surface area (TPSA) is 66.0 Å². The largest absolute Gasteiger partial charge is 0.497 e. The van der Waals surface area contributed by atoms with Crippen LogP contribution in [-0.2, 0) is 17.9 Å². The molecule has 0 saturated heterocycles. The summed E-state index contributed by atoms with van der Waals surface area (Å²) in [5.74, 6) is 0.942. The molecule has 0 aliphatic rings. The molecule has 2 N–H and O–H groups in total. The van der Waals surface area contributed by atoms with Crippen molar-refractivity contribution in [3.8, 4) is 5.75 Å². The van der Waals surface area contributed by atoms with E-state index in [0.29, 0.717) is 24.6 Å². The lowest BCUT2D eigenvalue weighted by Gasteiger charge is -2.15. The molecule has 0 aliphatic heterocycles. The molecular weight excluding hydrogens is 359 g/mol. The first-order valence-corrected chi connectivity index (χ1v) is 8.99. The minimum absolute atomic E-state index is 0.0691. The Kier molecular flexibility index (Phi) is 7.80. The first-order valence-electron chi connectivity index (χ1n) is 8.99. The van der Waals surface area contributed by atoms with Crippen LogP contribution in [0.25, 0.3) is 0 Å². The van der Waals surface area contributed by atoms with Gasteiger partial charge in [0.15, 0.2) is 5.96 Å². The third-order valence-corrected chi connectivity index (χ3v) is 4.18. The van der Waals surface area contributed by atoms with Gasteiger partial charge in [-0.25, -0.2) is 9.38 Å². The Morgan fingerprint density at radius 1 is 1.11 bits per heavy atom. The van der Waals surface area contributed by atoms with Crippen LogP contribution in [0.5, 0.6) is 5.75 Å². The molecule has 0 fully saturated rings. The van der Waals surface area contributed by atoms with Gasteiger partial charge in [0.1, 0.15) is 11.6 Å². The number of halogens is 1. The Bertz CT molecular complexity index is 820. The fraction of sp³-hybridized carbons (Fsp3) is 0.333. The van der Waals surface area contributed by atoms with Gasteiger partial charge in [-0.15, -0.1) is 0 Å². The summed E-state index contributed by atoms with van der Waals surface area (Å²) in [7, 11) is 5.01. The summed E-state index contributed by atoms with van der Waals surface area (Å²) in [5, 5.41) is 6.22. The molecular formula is C21H27FN4O2. The van der Waals surface area contributed by atoms with Crippen LogP contribution < -0.4 is 15.4 Å². The molecule has 0 saturated carbocycles. The molecule has 7 heteroatoms. The molecule has 0 spiro atoms. The highest BCUT2D eigenvalue weighted by Crippen LogP contribution is 2.11. The van der Waals surface area contributed by atoms with Crippen LogP contribution in [0, 0.1) is 12.7 Å². The van der Waals surface area contributed by atoms with Crippen molar-refractivity contribution < 1.29 is 13.9 Å². The van der Waals surface area contributed by atoms with Gasteiger partial charge in [0.25, 0.3) is 0 Å². The van der Waals surface area contributed by atoms with E-state index < -0.39 is 0 Å². The second kappa shape index (κ2) is 10.3. The summed E-state index contributed by atoms with van der Waals surface area (Å²) < 4.78 is 18.9. The van der Waals surface area contributed by atoms with Crippen LogP contribution in [0.15, 0.2) is 47.5 Å². The van der Waals surface area contributed by atoms with Gasteiger partial charge in [0.05, 0.1) is 20.2 Å². The summed E-state index contributed by atoms with van der Waals surface area (Å²) in [6, 6.07) is 12.7. The van der Waals surface area contributed by atoms with Crippen molar-refractivity contribution in [1.29, 1.82) is 0 Å². The number of hydrogen-bond acceptors (Lipinski definition) is 3. The quantitative estimate of drug-likeness (QED) is 0.567. The minimum atomic E-state index is -0.254. The molecule has 2 aromatic carbocycles. The third-order valence-electron chi connectivity index (χ3n) is 4.18. The number of ether oxygens (including phenoxy) is 1. The van der Waals surface area contributed by atoms with Crippen LogP contribution in [0.2, 0.25) is 0 Å². The number of hydrogen-bond donors (Lipinski definition) is 2. The number of rotatable bonds is 7. The fourth-order valence-corrected chi connectivity index (χ4v) is 2.33. The summed E-state index contributed by atoms with van der Waals surface area (Å²) in [6.45, 7) is 2.65. The van der Waals surface area contributed by atoms with E-state index in [4.69, 9.17) is 4.74 Å². The maximum atomic E-state index is 13.7. The van der Waals surface area contributed by atoms with Gasteiger partial charge in [-0.2, -0.15) is 0 Å². The van der Waals surface area contributed by atoms with Crippen molar-refractivity contribution in [2.45, 2.75) is 20.0 Å². The highest BCUT2D eigenvalue weighted by atomic mass is 19.1. The molecule has 2 rings (SSSR count). The van der Waals surface area contributed by atoms with Gasteiger partial charge in [-0.3, -0.25) is 4.79 Å². The average Bonchev–Trinajstić information content (AvgIpc) is 2.69. The van der Waals surface area contributed by atoms with E-state index in [1.54, 1.807) is 34.2 Å². The zero-order valence-corrected chi connectivity index (χ0v) is 16.8. The number of carbonyl (C=O) groups excluding carboxylic acids is 1. The van der Waals surface area contributed by atoms with Crippen molar-refractivity contribution in [3.63, 3.8) is 0 Å². The molecule has 150 valence electrons. The lowest BCUT2D eigenvalue weighted by Crippen LogP contribution is -2.42. The number of guanidine groups is 1. The second-order valence-corrected chi connectivity index (χ2v) is 6.59. The molecule has 0 bridgehead atoms. The van der Waals surface area contributed by atoms with Crippen LogP contribution >= 0.6 is 0 Å². The average molecular weight is 386 g/mol. The maximum absolute atomic E-state index is 13.7. The fourth-order valence-electron chi connectivity index (χ4n) is 2.33. The van der Waals surface area contributed by atoms with E-state index in [0.717, 1.165) is 16.9 Å². The lowest BCUT2D eigenvalue weighted by molar-refractivity contribution is -0.127. The van der Waals surface area contributed by atoms with E-state index in [1.807, 2.05) is 30.3 Å². The van der Waals surface area contributed by atoms with Gasteiger partial charge in [-0.05, 0) is 41.8 Å². The van der Waals surface area contributed by atoms with Gasteiger partial charge in [0.2, 0.25) is 5.91 Å². The zero-order chi connectivity index (χ0) is 20.5. The molecule has 28 heavy (non-hydrogen) atoms. The molecule has 2 aromatic rings. The van der Waals surface area contributed by atoms with E-state index in [1.165, 1.54) is 11.0 Å². The number of benzene rings is 2. The van der Waals surface area contributed by atoms with Gasteiger partial charge in [-0.1, -0.05) is 24.3 Å². The number of nitrogens with zero attached hydrogens (tertiary/aromatic N) is 2. The van der Waals surface area contributed by atoms with Crippen molar-refractivity contribution in [3.05, 3.63) is 65.0 Å². The predicted molar refractivity (Wildman–Crippen MR) is 109 cm³/mol. The highest BCUT2D eigenvalue weighted by Gasteiger charge is 2.07. The Labute approximate surface area is 165 Å². The molecule has 0 aliphatic carbocycles. The second-order valence-electron chi connectivity index (χ2n) is 6.59.